The van der Waals surface area contributed by atoms with E-state index in [0.717, 1.165) is 0 Å². The monoisotopic (exact) mass is 424 g/mol. The lowest BCUT2D eigenvalue weighted by Gasteiger charge is -2.07. The molecule has 0 aliphatic rings. The Hall–Kier alpha value is -2.30. The quantitative estimate of drug-likeness (QED) is 0.565. The summed E-state index contributed by atoms with van der Waals surface area (Å²) in [5.74, 6) is -0.387. The molecule has 1 aromatic carbocycles. The number of nitrogens with two attached hydrogens (primary N) is 1. The van der Waals surface area contributed by atoms with Gasteiger partial charge in [0.05, 0.1) is 10.0 Å². The van der Waals surface area contributed by atoms with Crippen LogP contribution < -0.4 is 11.3 Å². The minimum Gasteiger partial charge on any atom is -0.380 e. The summed E-state index contributed by atoms with van der Waals surface area (Å²) in [6, 6.07) is 3.06. The van der Waals surface area contributed by atoms with Crippen molar-refractivity contribution in [1.29, 1.82) is 0 Å². The third-order valence-corrected chi connectivity index (χ3v) is 3.94. The molecule has 136 valence electrons. The van der Waals surface area contributed by atoms with Gasteiger partial charge in [-0.2, -0.15) is 13.2 Å². The number of aromatic amines is 1. The predicted octanol–water partition coefficient (Wildman–Crippen LogP) is 5.00. The first-order valence-corrected chi connectivity index (χ1v) is 7.76. The van der Waals surface area contributed by atoms with Crippen LogP contribution >= 0.6 is 34.8 Å². The van der Waals surface area contributed by atoms with E-state index in [1.54, 1.807) is 0 Å². The second-order valence-corrected chi connectivity index (χ2v) is 6.18. The Labute approximate surface area is 157 Å². The summed E-state index contributed by atoms with van der Waals surface area (Å²) in [6.07, 6.45) is -4.83. The molecule has 7 nitrogen and oxygen atoms in total. The van der Waals surface area contributed by atoms with Gasteiger partial charge in [0.15, 0.2) is 22.8 Å². The molecule has 0 bridgehead atoms. The van der Waals surface area contributed by atoms with Crippen molar-refractivity contribution in [2.45, 2.75) is 6.18 Å². The lowest BCUT2D eigenvalue weighted by atomic mass is 10.3. The van der Waals surface area contributed by atoms with E-state index in [4.69, 9.17) is 40.5 Å². The highest BCUT2D eigenvalue weighted by Crippen LogP contribution is 2.38. The van der Waals surface area contributed by atoms with Gasteiger partial charge in [0, 0.05) is 11.1 Å². The Kier molecular flexibility index (Phi) is 4.59. The summed E-state index contributed by atoms with van der Waals surface area (Å²) in [4.78, 5) is 13.8. The van der Waals surface area contributed by atoms with E-state index in [1.807, 2.05) is 0 Å². The molecule has 0 radical (unpaired) electrons. The largest absolute Gasteiger partial charge is 0.433 e. The molecule has 0 atom stereocenters. The molecule has 0 unspecified atom stereocenters. The van der Waals surface area contributed by atoms with Gasteiger partial charge in [-0.05, 0) is 12.1 Å². The number of nitrogens with zero attached hydrogens (tertiary/aromatic N) is 4. The molecule has 2 aromatic heterocycles. The lowest BCUT2D eigenvalue weighted by molar-refractivity contribution is -0.142. The molecule has 0 aliphatic carbocycles. The number of nitrogens with one attached hydrogen (secondary N) is 1. The number of anilines is 1. The molecule has 0 spiro atoms. The van der Waals surface area contributed by atoms with Crippen molar-refractivity contribution in [2.75, 3.05) is 5.73 Å². The molecule has 0 saturated carbocycles. The fourth-order valence-corrected chi connectivity index (χ4v) is 2.97. The number of benzene rings is 1. The molecule has 3 N–H and O–H groups in total. The van der Waals surface area contributed by atoms with Crippen molar-refractivity contribution in [3.8, 4) is 0 Å². The van der Waals surface area contributed by atoms with Gasteiger partial charge in [-0.3, -0.25) is 4.79 Å². The molecule has 13 heteroatoms. The van der Waals surface area contributed by atoms with Gasteiger partial charge < -0.3 is 10.7 Å². The van der Waals surface area contributed by atoms with Crippen LogP contribution in [0.4, 0.5) is 30.4 Å². The van der Waals surface area contributed by atoms with E-state index >= 15 is 0 Å². The summed E-state index contributed by atoms with van der Waals surface area (Å²) in [6.45, 7) is 0. The van der Waals surface area contributed by atoms with Crippen molar-refractivity contribution in [1.82, 2.24) is 14.6 Å². The molecular formula is C13H6Cl3F3N6O. The van der Waals surface area contributed by atoms with Crippen LogP contribution in [0.2, 0.25) is 15.1 Å². The van der Waals surface area contributed by atoms with Gasteiger partial charge in [0.2, 0.25) is 0 Å². The SMILES string of the molecule is Nc1nn2c(C(F)(F)F)cc(=O)[nH]c2c1N=Nc1c(Cl)cc(Cl)cc1Cl. The molecule has 0 fully saturated rings. The third kappa shape index (κ3) is 3.35. The lowest BCUT2D eigenvalue weighted by Crippen LogP contribution is -2.19. The molecule has 0 amide bonds. The van der Waals surface area contributed by atoms with Gasteiger partial charge in [-0.15, -0.1) is 15.3 Å². The fraction of sp³-hybridized carbons (Fsp3) is 0.0769. The number of aromatic nitrogens is 3. The summed E-state index contributed by atoms with van der Waals surface area (Å²) >= 11 is 17.7. The van der Waals surface area contributed by atoms with Gasteiger partial charge >= 0.3 is 6.18 Å². The highest BCUT2D eigenvalue weighted by atomic mass is 35.5. The van der Waals surface area contributed by atoms with Gasteiger partial charge in [-0.25, -0.2) is 4.52 Å². The Morgan fingerprint density at radius 3 is 2.23 bits per heavy atom. The van der Waals surface area contributed by atoms with Crippen LogP contribution in [0.25, 0.3) is 5.65 Å². The van der Waals surface area contributed by atoms with E-state index in [0.29, 0.717) is 10.6 Å². The minimum atomic E-state index is -4.83. The Balaban J connectivity index is 2.20. The van der Waals surface area contributed by atoms with Crippen molar-refractivity contribution >= 4 is 57.6 Å². The van der Waals surface area contributed by atoms with Crippen molar-refractivity contribution in [3.05, 3.63) is 49.3 Å². The number of H-pyrrole nitrogens is 1. The molecule has 0 aliphatic heterocycles. The van der Waals surface area contributed by atoms with E-state index in [2.05, 4.69) is 20.3 Å². The van der Waals surface area contributed by atoms with Crippen LogP contribution in [0, 0.1) is 0 Å². The minimum absolute atomic E-state index is 0.0193. The highest BCUT2D eigenvalue weighted by Gasteiger charge is 2.35. The smallest absolute Gasteiger partial charge is 0.380 e. The van der Waals surface area contributed by atoms with Gasteiger partial charge in [0.1, 0.15) is 5.69 Å². The van der Waals surface area contributed by atoms with Crippen molar-refractivity contribution < 1.29 is 13.2 Å². The molecule has 3 aromatic rings. The Morgan fingerprint density at radius 2 is 1.65 bits per heavy atom. The zero-order chi connectivity index (χ0) is 19.2. The maximum atomic E-state index is 13.1. The second-order valence-electron chi connectivity index (χ2n) is 4.93. The summed E-state index contributed by atoms with van der Waals surface area (Å²) < 4.78 is 39.7. The molecular weight excluding hydrogens is 420 g/mol. The van der Waals surface area contributed by atoms with Crippen LogP contribution in [-0.4, -0.2) is 14.6 Å². The number of hydrogen-bond acceptors (Lipinski definition) is 5. The summed E-state index contributed by atoms with van der Waals surface area (Å²) in [5, 5.41) is 11.5. The predicted molar refractivity (Wildman–Crippen MR) is 90.9 cm³/mol. The molecule has 2 heterocycles. The highest BCUT2D eigenvalue weighted by molar-refractivity contribution is 6.41. The number of alkyl halides is 3. The number of fused-ring (bicyclic) bond motifs is 1. The van der Waals surface area contributed by atoms with Crippen LogP contribution in [0.1, 0.15) is 5.69 Å². The number of rotatable bonds is 2. The van der Waals surface area contributed by atoms with Crippen molar-refractivity contribution in [2.24, 2.45) is 10.2 Å². The average Bonchev–Trinajstić information content (AvgIpc) is 2.80. The van der Waals surface area contributed by atoms with E-state index in [-0.39, 0.29) is 37.9 Å². The van der Waals surface area contributed by atoms with Crippen molar-refractivity contribution in [3.63, 3.8) is 0 Å². The maximum Gasteiger partial charge on any atom is 0.433 e. The maximum absolute atomic E-state index is 13.1. The van der Waals surface area contributed by atoms with E-state index in [1.165, 1.54) is 12.1 Å². The third-order valence-electron chi connectivity index (χ3n) is 3.15. The zero-order valence-electron chi connectivity index (χ0n) is 12.3. The van der Waals surface area contributed by atoms with E-state index < -0.39 is 17.4 Å². The first-order chi connectivity index (χ1) is 12.1. The Morgan fingerprint density at radius 1 is 1.08 bits per heavy atom. The second kappa shape index (κ2) is 6.45. The first kappa shape index (κ1) is 18.5. The molecule has 26 heavy (non-hydrogen) atoms. The summed E-state index contributed by atoms with van der Waals surface area (Å²) in [7, 11) is 0. The average molecular weight is 426 g/mol. The summed E-state index contributed by atoms with van der Waals surface area (Å²) in [5.41, 5.74) is 2.65. The number of azo groups is 1. The molecule has 0 saturated heterocycles. The number of hydrogen-bond donors (Lipinski definition) is 2. The number of halogens is 6. The van der Waals surface area contributed by atoms with Gasteiger partial charge in [0.25, 0.3) is 5.56 Å². The first-order valence-electron chi connectivity index (χ1n) is 6.63. The van der Waals surface area contributed by atoms with Crippen LogP contribution in [0.15, 0.2) is 33.2 Å². The zero-order valence-corrected chi connectivity index (χ0v) is 14.5. The van der Waals surface area contributed by atoms with Crippen LogP contribution in [0.3, 0.4) is 0 Å². The van der Waals surface area contributed by atoms with Crippen LogP contribution in [-0.2, 0) is 6.18 Å². The standard InChI is InChI=1S/C13H6Cl3F3N6O/c14-4-1-5(15)9(6(16)2-4)22-23-10-11(20)24-25-7(13(17,18)19)3-8(26)21-12(10)25/h1-3H,(H2,20,24)(H,21,26). The van der Waals surface area contributed by atoms with E-state index in [9.17, 15) is 18.0 Å². The van der Waals surface area contributed by atoms with Crippen LogP contribution in [0.5, 0.6) is 0 Å². The number of nitrogen functional groups attached to an aromatic ring is 1. The topological polar surface area (TPSA) is 101 Å². The fourth-order valence-electron chi connectivity index (χ4n) is 2.08. The van der Waals surface area contributed by atoms with Gasteiger partial charge in [-0.1, -0.05) is 34.8 Å². The normalized spacial score (nSPS) is 12.4. The Bertz CT molecular complexity index is 1080. The molecule has 3 rings (SSSR count).